The number of hydrogen-bond acceptors (Lipinski definition) is 3. The van der Waals surface area contributed by atoms with E-state index in [1.165, 1.54) is 19.3 Å². The number of halogens is 1. The van der Waals surface area contributed by atoms with Crippen molar-refractivity contribution in [2.45, 2.75) is 45.6 Å². The van der Waals surface area contributed by atoms with Gasteiger partial charge in [-0.15, -0.1) is 0 Å². The van der Waals surface area contributed by atoms with Crippen molar-refractivity contribution in [3.8, 4) is 0 Å². The number of pyridine rings is 1. The molecule has 1 unspecified atom stereocenters. The zero-order valence-corrected chi connectivity index (χ0v) is 11.2. The average molecular weight is 254 g/mol. The van der Waals surface area contributed by atoms with E-state index in [1.54, 1.807) is 12.1 Å². The van der Waals surface area contributed by atoms with Gasteiger partial charge in [0.1, 0.15) is 5.15 Å². The third kappa shape index (κ3) is 3.25. The summed E-state index contributed by atoms with van der Waals surface area (Å²) in [5, 5.41) is 3.91. The van der Waals surface area contributed by atoms with Gasteiger partial charge in [0, 0.05) is 6.04 Å². The maximum atomic E-state index is 5.89. The molecule has 1 saturated carbocycles. The molecule has 2 rings (SSSR count). The summed E-state index contributed by atoms with van der Waals surface area (Å²) in [5.74, 6) is 0.722. The van der Waals surface area contributed by atoms with Gasteiger partial charge >= 0.3 is 0 Å². The van der Waals surface area contributed by atoms with Gasteiger partial charge in [0.05, 0.1) is 5.69 Å². The summed E-state index contributed by atoms with van der Waals surface area (Å²) in [6, 6.07) is 3.96. The lowest BCUT2D eigenvalue weighted by atomic mass is 9.75. The molecule has 0 amide bonds. The Labute approximate surface area is 108 Å². The molecule has 1 aliphatic rings. The summed E-state index contributed by atoms with van der Waals surface area (Å²) < 4.78 is 0. The molecular weight excluding hydrogens is 234 g/mol. The van der Waals surface area contributed by atoms with Crippen LogP contribution in [0.2, 0.25) is 5.15 Å². The van der Waals surface area contributed by atoms with E-state index in [0.717, 1.165) is 12.2 Å². The van der Waals surface area contributed by atoms with Crippen molar-refractivity contribution < 1.29 is 0 Å². The molecule has 17 heavy (non-hydrogen) atoms. The van der Waals surface area contributed by atoms with E-state index in [-0.39, 0.29) is 0 Å². The van der Waals surface area contributed by atoms with Crippen LogP contribution < -0.4 is 11.1 Å². The number of nitrogen functional groups attached to an aromatic ring is 1. The first-order valence-electron chi connectivity index (χ1n) is 6.15. The molecule has 1 heterocycles. The fourth-order valence-electron chi connectivity index (χ4n) is 2.58. The van der Waals surface area contributed by atoms with Crippen LogP contribution in [0.3, 0.4) is 0 Å². The minimum absolute atomic E-state index is 0.406. The molecule has 1 aromatic rings. The van der Waals surface area contributed by atoms with Crippen LogP contribution >= 0.6 is 11.6 Å². The highest BCUT2D eigenvalue weighted by Crippen LogP contribution is 2.36. The van der Waals surface area contributed by atoms with Crippen molar-refractivity contribution in [3.05, 3.63) is 17.3 Å². The molecule has 0 bridgehead atoms. The van der Waals surface area contributed by atoms with E-state index in [2.05, 4.69) is 24.1 Å². The molecule has 3 nitrogen and oxygen atoms in total. The van der Waals surface area contributed by atoms with E-state index in [1.807, 2.05) is 0 Å². The van der Waals surface area contributed by atoms with Crippen molar-refractivity contribution in [1.82, 2.24) is 4.98 Å². The van der Waals surface area contributed by atoms with Crippen molar-refractivity contribution in [2.24, 2.45) is 5.41 Å². The number of anilines is 2. The largest absolute Gasteiger partial charge is 0.396 e. The Balaban J connectivity index is 2.07. The minimum Gasteiger partial charge on any atom is -0.396 e. The number of hydrogen-bond donors (Lipinski definition) is 2. The van der Waals surface area contributed by atoms with Gasteiger partial charge in [0.15, 0.2) is 5.82 Å². The van der Waals surface area contributed by atoms with Crippen LogP contribution in [-0.4, -0.2) is 11.0 Å². The maximum absolute atomic E-state index is 5.89. The summed E-state index contributed by atoms with van der Waals surface area (Å²) in [6.07, 6.45) is 4.88. The number of aromatic nitrogens is 1. The lowest BCUT2D eigenvalue weighted by molar-refractivity contribution is 0.229. The second-order valence-electron chi connectivity index (χ2n) is 5.67. The Hall–Kier alpha value is -0.960. The van der Waals surface area contributed by atoms with Gasteiger partial charge in [0.25, 0.3) is 0 Å². The predicted octanol–water partition coefficient (Wildman–Crippen LogP) is 3.70. The monoisotopic (exact) mass is 253 g/mol. The van der Waals surface area contributed by atoms with Crippen LogP contribution in [0.4, 0.5) is 11.5 Å². The molecule has 94 valence electrons. The van der Waals surface area contributed by atoms with Crippen molar-refractivity contribution in [1.29, 1.82) is 0 Å². The van der Waals surface area contributed by atoms with Gasteiger partial charge in [-0.05, 0) is 36.8 Å². The zero-order valence-electron chi connectivity index (χ0n) is 10.5. The standard InChI is InChI=1S/C13H20ClN3/c1-13(2)7-3-4-9(8-13)16-12-10(15)5-6-11(14)17-12/h5-6,9H,3-4,7-8,15H2,1-2H3,(H,16,17). The van der Waals surface area contributed by atoms with Crippen LogP contribution in [0.5, 0.6) is 0 Å². The fraction of sp³-hybridized carbons (Fsp3) is 0.615. The highest BCUT2D eigenvalue weighted by atomic mass is 35.5. The zero-order chi connectivity index (χ0) is 12.5. The molecule has 0 aliphatic heterocycles. The smallest absolute Gasteiger partial charge is 0.151 e. The first-order valence-corrected chi connectivity index (χ1v) is 6.53. The summed E-state index contributed by atoms with van der Waals surface area (Å²) >= 11 is 5.88. The first-order chi connectivity index (χ1) is 7.96. The molecule has 0 aromatic carbocycles. The number of rotatable bonds is 2. The van der Waals surface area contributed by atoms with Crippen LogP contribution in [0.1, 0.15) is 39.5 Å². The summed E-state index contributed by atoms with van der Waals surface area (Å²) in [5.41, 5.74) is 6.96. The molecule has 0 saturated heterocycles. The Kier molecular flexibility index (Phi) is 3.48. The average Bonchev–Trinajstić information content (AvgIpc) is 2.22. The summed E-state index contributed by atoms with van der Waals surface area (Å²) in [4.78, 5) is 4.24. The highest BCUT2D eigenvalue weighted by molar-refractivity contribution is 6.29. The maximum Gasteiger partial charge on any atom is 0.151 e. The van der Waals surface area contributed by atoms with Crippen LogP contribution in [0.25, 0.3) is 0 Å². The Morgan fingerprint density at radius 1 is 1.47 bits per heavy atom. The van der Waals surface area contributed by atoms with Crippen molar-refractivity contribution in [2.75, 3.05) is 11.1 Å². The normalized spacial score (nSPS) is 23.4. The first kappa shape index (κ1) is 12.5. The molecule has 3 N–H and O–H groups in total. The minimum atomic E-state index is 0.406. The highest BCUT2D eigenvalue weighted by Gasteiger charge is 2.28. The Bertz CT molecular complexity index is 404. The lowest BCUT2D eigenvalue weighted by Gasteiger charge is -2.35. The van der Waals surface area contributed by atoms with Crippen LogP contribution in [0, 0.1) is 5.41 Å². The van der Waals surface area contributed by atoms with Gasteiger partial charge < -0.3 is 11.1 Å². The SMILES string of the molecule is CC1(C)CCCC(Nc2nc(Cl)ccc2N)C1. The molecular formula is C13H20ClN3. The van der Waals surface area contributed by atoms with Gasteiger partial charge in [-0.25, -0.2) is 4.98 Å². The third-order valence-electron chi connectivity index (χ3n) is 3.44. The molecule has 4 heteroatoms. The summed E-state index contributed by atoms with van der Waals surface area (Å²) in [6.45, 7) is 4.63. The van der Waals surface area contributed by atoms with Gasteiger partial charge in [0.2, 0.25) is 0 Å². The molecule has 1 aromatic heterocycles. The molecule has 1 atom stereocenters. The quantitative estimate of drug-likeness (QED) is 0.791. The Morgan fingerprint density at radius 2 is 2.24 bits per heavy atom. The fourth-order valence-corrected chi connectivity index (χ4v) is 2.72. The second kappa shape index (κ2) is 4.73. The third-order valence-corrected chi connectivity index (χ3v) is 3.65. The summed E-state index contributed by atoms with van der Waals surface area (Å²) in [7, 11) is 0. The van der Waals surface area contributed by atoms with Gasteiger partial charge in [-0.3, -0.25) is 0 Å². The Morgan fingerprint density at radius 3 is 2.94 bits per heavy atom. The van der Waals surface area contributed by atoms with Crippen LogP contribution in [-0.2, 0) is 0 Å². The van der Waals surface area contributed by atoms with E-state index in [9.17, 15) is 0 Å². The lowest BCUT2D eigenvalue weighted by Crippen LogP contribution is -2.32. The molecule has 1 aliphatic carbocycles. The molecule has 0 radical (unpaired) electrons. The van der Waals surface area contributed by atoms with E-state index >= 15 is 0 Å². The molecule has 1 fully saturated rings. The van der Waals surface area contributed by atoms with E-state index in [4.69, 9.17) is 17.3 Å². The number of nitrogens with two attached hydrogens (primary N) is 1. The van der Waals surface area contributed by atoms with E-state index < -0.39 is 0 Å². The van der Waals surface area contributed by atoms with Gasteiger partial charge in [-0.2, -0.15) is 0 Å². The number of nitrogens with one attached hydrogen (secondary N) is 1. The van der Waals surface area contributed by atoms with Crippen molar-refractivity contribution in [3.63, 3.8) is 0 Å². The predicted molar refractivity (Wildman–Crippen MR) is 73.3 cm³/mol. The van der Waals surface area contributed by atoms with Crippen molar-refractivity contribution >= 4 is 23.1 Å². The molecule has 0 spiro atoms. The van der Waals surface area contributed by atoms with E-state index in [0.29, 0.717) is 22.3 Å². The number of nitrogens with zero attached hydrogens (tertiary/aromatic N) is 1. The van der Waals surface area contributed by atoms with Crippen LogP contribution in [0.15, 0.2) is 12.1 Å². The van der Waals surface area contributed by atoms with Gasteiger partial charge in [-0.1, -0.05) is 31.9 Å². The second-order valence-corrected chi connectivity index (χ2v) is 6.06. The topological polar surface area (TPSA) is 50.9 Å².